The fourth-order valence-corrected chi connectivity index (χ4v) is 3.23. The fraction of sp³-hybridized carbons (Fsp3) is 0.500. The molecule has 0 bridgehead atoms. The Kier molecular flexibility index (Phi) is 5.41. The van der Waals surface area contributed by atoms with Gasteiger partial charge in [0, 0.05) is 38.3 Å². The Morgan fingerprint density at radius 3 is 2.70 bits per heavy atom. The summed E-state index contributed by atoms with van der Waals surface area (Å²) in [5.74, 6) is -0.219. The van der Waals surface area contributed by atoms with E-state index < -0.39 is 0 Å². The molecule has 0 saturated carbocycles. The Hall–Kier alpha value is -1.72. The molecule has 0 N–H and O–H groups in total. The number of hydrogen-bond acceptors (Lipinski definition) is 3. The molecule has 2 fully saturated rings. The topological polar surface area (TPSA) is 32.8 Å². The van der Waals surface area contributed by atoms with E-state index in [1.807, 2.05) is 4.90 Å². The van der Waals surface area contributed by atoms with Gasteiger partial charge in [0.25, 0.3) is 0 Å². The maximum absolute atomic E-state index is 12.9. The molecule has 1 unspecified atom stereocenters. The number of amides is 1. The van der Waals surface area contributed by atoms with Crippen molar-refractivity contribution in [1.29, 1.82) is 0 Å². The van der Waals surface area contributed by atoms with E-state index in [9.17, 15) is 9.18 Å². The van der Waals surface area contributed by atoms with Gasteiger partial charge in [-0.1, -0.05) is 12.1 Å². The molecule has 2 aliphatic heterocycles. The molecule has 1 amide bonds. The molecule has 2 heterocycles. The van der Waals surface area contributed by atoms with Crippen LogP contribution in [0.25, 0.3) is 6.08 Å². The Morgan fingerprint density at radius 1 is 1.22 bits per heavy atom. The fourth-order valence-electron chi connectivity index (χ4n) is 3.23. The van der Waals surface area contributed by atoms with Crippen LogP contribution >= 0.6 is 0 Å². The number of carbonyl (C=O) groups excluding carboxylic acids is 1. The van der Waals surface area contributed by atoms with E-state index in [1.54, 1.807) is 24.3 Å². The standard InChI is InChI=1S/C18H23FN2O2/c19-16-6-3-15(4-7-16)5-8-18(22)21-9-1-2-17(21)14-20-10-12-23-13-11-20/h3-8,17H,1-2,9-14H2/b8-5+. The highest BCUT2D eigenvalue weighted by molar-refractivity contribution is 5.92. The van der Waals surface area contributed by atoms with Crippen molar-refractivity contribution >= 4 is 12.0 Å². The van der Waals surface area contributed by atoms with Crippen molar-refractivity contribution in [3.8, 4) is 0 Å². The second-order valence-electron chi connectivity index (χ2n) is 6.13. The van der Waals surface area contributed by atoms with Crippen LogP contribution < -0.4 is 0 Å². The summed E-state index contributed by atoms with van der Waals surface area (Å²) >= 11 is 0. The van der Waals surface area contributed by atoms with Gasteiger partial charge < -0.3 is 9.64 Å². The first kappa shape index (κ1) is 16.1. The van der Waals surface area contributed by atoms with E-state index in [2.05, 4.69) is 4.90 Å². The summed E-state index contributed by atoms with van der Waals surface area (Å²) in [6, 6.07) is 6.45. The van der Waals surface area contributed by atoms with E-state index in [1.165, 1.54) is 12.1 Å². The lowest BCUT2D eigenvalue weighted by Gasteiger charge is -2.32. The molecule has 1 aromatic rings. The lowest BCUT2D eigenvalue weighted by atomic mass is 10.2. The Morgan fingerprint density at radius 2 is 1.96 bits per heavy atom. The number of hydrogen-bond donors (Lipinski definition) is 0. The molecular weight excluding hydrogens is 295 g/mol. The number of likely N-dealkylation sites (tertiary alicyclic amines) is 1. The van der Waals surface area contributed by atoms with Crippen LogP contribution in [0.3, 0.4) is 0 Å². The number of ether oxygens (including phenoxy) is 1. The zero-order valence-electron chi connectivity index (χ0n) is 13.3. The molecular formula is C18H23FN2O2. The lowest BCUT2D eigenvalue weighted by molar-refractivity contribution is -0.127. The largest absolute Gasteiger partial charge is 0.379 e. The predicted molar refractivity (Wildman–Crippen MR) is 87.4 cm³/mol. The third kappa shape index (κ3) is 4.39. The number of carbonyl (C=O) groups is 1. The molecule has 1 atom stereocenters. The maximum atomic E-state index is 12.9. The van der Waals surface area contributed by atoms with Crippen LogP contribution in [0.4, 0.5) is 4.39 Å². The minimum Gasteiger partial charge on any atom is -0.379 e. The summed E-state index contributed by atoms with van der Waals surface area (Å²) in [5, 5.41) is 0. The monoisotopic (exact) mass is 318 g/mol. The summed E-state index contributed by atoms with van der Waals surface area (Å²) < 4.78 is 18.3. The first-order chi connectivity index (χ1) is 11.2. The molecule has 23 heavy (non-hydrogen) atoms. The van der Waals surface area contributed by atoms with Crippen LogP contribution in [0.5, 0.6) is 0 Å². The number of nitrogens with zero attached hydrogens (tertiary/aromatic N) is 2. The zero-order valence-corrected chi connectivity index (χ0v) is 13.3. The van der Waals surface area contributed by atoms with Crippen LogP contribution in [-0.4, -0.2) is 61.1 Å². The highest BCUT2D eigenvalue weighted by Crippen LogP contribution is 2.19. The summed E-state index contributed by atoms with van der Waals surface area (Å²) in [6.07, 6.45) is 5.48. The molecule has 2 aliphatic rings. The second kappa shape index (κ2) is 7.70. The highest BCUT2D eigenvalue weighted by atomic mass is 19.1. The van der Waals surface area contributed by atoms with Gasteiger partial charge in [0.15, 0.2) is 0 Å². The molecule has 0 aliphatic carbocycles. The van der Waals surface area contributed by atoms with Crippen molar-refractivity contribution in [2.24, 2.45) is 0 Å². The van der Waals surface area contributed by atoms with E-state index in [-0.39, 0.29) is 11.7 Å². The molecule has 124 valence electrons. The van der Waals surface area contributed by atoms with Crippen molar-refractivity contribution in [2.45, 2.75) is 18.9 Å². The average molecular weight is 318 g/mol. The summed E-state index contributed by atoms with van der Waals surface area (Å²) in [5.41, 5.74) is 0.837. The minimum absolute atomic E-state index is 0.0464. The van der Waals surface area contributed by atoms with Gasteiger partial charge in [-0.05, 0) is 36.6 Å². The van der Waals surface area contributed by atoms with Gasteiger partial charge >= 0.3 is 0 Å². The van der Waals surface area contributed by atoms with Crippen LogP contribution in [0.1, 0.15) is 18.4 Å². The first-order valence-electron chi connectivity index (χ1n) is 8.27. The van der Waals surface area contributed by atoms with Crippen molar-refractivity contribution < 1.29 is 13.9 Å². The van der Waals surface area contributed by atoms with E-state index in [0.29, 0.717) is 6.04 Å². The van der Waals surface area contributed by atoms with Crippen molar-refractivity contribution in [2.75, 3.05) is 39.4 Å². The quantitative estimate of drug-likeness (QED) is 0.798. The lowest BCUT2D eigenvalue weighted by Crippen LogP contribution is -2.46. The molecule has 0 aromatic heterocycles. The molecule has 1 aromatic carbocycles. The van der Waals surface area contributed by atoms with Gasteiger partial charge in [0.2, 0.25) is 5.91 Å². The van der Waals surface area contributed by atoms with Gasteiger partial charge in [-0.2, -0.15) is 0 Å². The Bertz CT molecular complexity index is 553. The van der Waals surface area contributed by atoms with E-state index in [0.717, 1.165) is 57.8 Å². The van der Waals surface area contributed by atoms with Gasteiger partial charge in [0.05, 0.1) is 13.2 Å². The molecule has 4 nitrogen and oxygen atoms in total. The Balaban J connectivity index is 1.57. The van der Waals surface area contributed by atoms with Gasteiger partial charge in [-0.3, -0.25) is 9.69 Å². The third-order valence-corrected chi connectivity index (χ3v) is 4.52. The predicted octanol–water partition coefficient (Wildman–Crippen LogP) is 2.16. The maximum Gasteiger partial charge on any atom is 0.246 e. The molecule has 0 radical (unpaired) electrons. The minimum atomic E-state index is -0.265. The first-order valence-corrected chi connectivity index (χ1v) is 8.27. The summed E-state index contributed by atoms with van der Waals surface area (Å²) in [7, 11) is 0. The molecule has 3 rings (SSSR count). The summed E-state index contributed by atoms with van der Waals surface area (Å²) in [4.78, 5) is 16.8. The van der Waals surface area contributed by atoms with Crippen LogP contribution in [0, 0.1) is 5.82 Å². The zero-order chi connectivity index (χ0) is 16.1. The summed E-state index contributed by atoms with van der Waals surface area (Å²) in [6.45, 7) is 5.21. The van der Waals surface area contributed by atoms with Crippen LogP contribution in [-0.2, 0) is 9.53 Å². The number of morpholine rings is 1. The van der Waals surface area contributed by atoms with E-state index >= 15 is 0 Å². The van der Waals surface area contributed by atoms with Crippen molar-refractivity contribution in [1.82, 2.24) is 9.80 Å². The van der Waals surface area contributed by atoms with Crippen LogP contribution in [0.15, 0.2) is 30.3 Å². The second-order valence-corrected chi connectivity index (χ2v) is 6.13. The third-order valence-electron chi connectivity index (χ3n) is 4.52. The van der Waals surface area contributed by atoms with Gasteiger partial charge in [-0.15, -0.1) is 0 Å². The normalized spacial score (nSPS) is 22.8. The molecule has 0 spiro atoms. The van der Waals surface area contributed by atoms with Crippen LogP contribution in [0.2, 0.25) is 0 Å². The Labute approximate surface area is 136 Å². The average Bonchev–Trinajstić information content (AvgIpc) is 3.03. The number of rotatable bonds is 4. The van der Waals surface area contributed by atoms with E-state index in [4.69, 9.17) is 4.74 Å². The smallest absolute Gasteiger partial charge is 0.246 e. The van der Waals surface area contributed by atoms with Gasteiger partial charge in [0.1, 0.15) is 5.82 Å². The van der Waals surface area contributed by atoms with Gasteiger partial charge in [-0.25, -0.2) is 4.39 Å². The SMILES string of the molecule is O=C(/C=C/c1ccc(F)cc1)N1CCCC1CN1CCOCC1. The number of halogens is 1. The van der Waals surface area contributed by atoms with Crippen molar-refractivity contribution in [3.05, 3.63) is 41.7 Å². The highest BCUT2D eigenvalue weighted by Gasteiger charge is 2.29. The number of benzene rings is 1. The molecule has 5 heteroatoms. The molecule has 2 saturated heterocycles. The van der Waals surface area contributed by atoms with Crippen molar-refractivity contribution in [3.63, 3.8) is 0 Å².